The van der Waals surface area contributed by atoms with Crippen molar-refractivity contribution in [3.8, 4) is 22.6 Å². The number of aryl methyl sites for hydroxylation is 1. The van der Waals surface area contributed by atoms with Gasteiger partial charge in [0.05, 0.1) is 10.9 Å². The Labute approximate surface area is 149 Å². The van der Waals surface area contributed by atoms with Gasteiger partial charge in [0.15, 0.2) is 0 Å². The third-order valence-corrected chi connectivity index (χ3v) is 4.43. The van der Waals surface area contributed by atoms with E-state index in [-0.39, 0.29) is 5.63 Å². The van der Waals surface area contributed by atoms with Gasteiger partial charge in [-0.15, -0.1) is 0 Å². The van der Waals surface area contributed by atoms with Crippen LogP contribution in [0.2, 0.25) is 5.02 Å². The van der Waals surface area contributed by atoms with Gasteiger partial charge in [-0.1, -0.05) is 48.0 Å². The van der Waals surface area contributed by atoms with Crippen molar-refractivity contribution in [2.45, 2.75) is 6.92 Å². The van der Waals surface area contributed by atoms with Gasteiger partial charge in [-0.3, -0.25) is 0 Å². The van der Waals surface area contributed by atoms with Gasteiger partial charge in [-0.25, -0.2) is 9.78 Å². The molecule has 0 aliphatic heterocycles. The van der Waals surface area contributed by atoms with Crippen molar-refractivity contribution in [1.29, 1.82) is 0 Å². The molecule has 0 aliphatic rings. The topological polar surface area (TPSA) is 43.1 Å². The van der Waals surface area contributed by atoms with Gasteiger partial charge in [0.25, 0.3) is 0 Å². The first-order valence-electron chi connectivity index (χ1n) is 7.89. The van der Waals surface area contributed by atoms with Crippen molar-refractivity contribution in [1.82, 2.24) is 4.98 Å². The Kier molecular flexibility index (Phi) is 3.86. The van der Waals surface area contributed by atoms with Crippen molar-refractivity contribution < 1.29 is 4.42 Å². The second-order valence-electron chi connectivity index (χ2n) is 5.86. The van der Waals surface area contributed by atoms with E-state index in [4.69, 9.17) is 16.0 Å². The quantitative estimate of drug-likeness (QED) is 0.482. The van der Waals surface area contributed by atoms with E-state index < -0.39 is 0 Å². The second-order valence-corrected chi connectivity index (χ2v) is 6.30. The maximum atomic E-state index is 12.5. The Morgan fingerprint density at radius 1 is 0.920 bits per heavy atom. The van der Waals surface area contributed by atoms with Crippen LogP contribution >= 0.6 is 11.6 Å². The van der Waals surface area contributed by atoms with Gasteiger partial charge < -0.3 is 4.42 Å². The summed E-state index contributed by atoms with van der Waals surface area (Å²) in [4.78, 5) is 17.0. The highest BCUT2D eigenvalue weighted by atomic mass is 35.5. The summed E-state index contributed by atoms with van der Waals surface area (Å²) in [6, 6.07) is 20.8. The van der Waals surface area contributed by atoms with E-state index >= 15 is 0 Å². The van der Waals surface area contributed by atoms with Crippen LogP contribution < -0.4 is 5.63 Å². The van der Waals surface area contributed by atoms with Crippen molar-refractivity contribution in [2.24, 2.45) is 0 Å². The monoisotopic (exact) mass is 347 g/mol. The fraction of sp³-hybridized carbons (Fsp3) is 0.0476. The Hall–Kier alpha value is -2.91. The van der Waals surface area contributed by atoms with Gasteiger partial charge in [0.2, 0.25) is 5.89 Å². The number of halogens is 1. The molecule has 3 aromatic carbocycles. The molecule has 122 valence electrons. The predicted molar refractivity (Wildman–Crippen MR) is 101 cm³/mol. The maximum Gasteiger partial charge on any atom is 0.347 e. The van der Waals surface area contributed by atoms with Crippen LogP contribution in [0.4, 0.5) is 0 Å². The van der Waals surface area contributed by atoms with Crippen LogP contribution in [0.5, 0.6) is 0 Å². The molecule has 1 aromatic heterocycles. The van der Waals surface area contributed by atoms with Gasteiger partial charge in [0.1, 0.15) is 0 Å². The first kappa shape index (κ1) is 15.6. The summed E-state index contributed by atoms with van der Waals surface area (Å²) in [5.41, 5.74) is 3.96. The number of hydrogen-bond donors (Lipinski definition) is 0. The molecular formula is C21H14ClNO2. The molecule has 0 saturated carbocycles. The van der Waals surface area contributed by atoms with Crippen molar-refractivity contribution >= 4 is 22.5 Å². The minimum atomic E-state index is -0.390. The van der Waals surface area contributed by atoms with Crippen LogP contribution in [-0.4, -0.2) is 4.98 Å². The largest absolute Gasteiger partial charge is 0.403 e. The summed E-state index contributed by atoms with van der Waals surface area (Å²) in [6.45, 7) is 1.96. The fourth-order valence-electron chi connectivity index (χ4n) is 2.82. The van der Waals surface area contributed by atoms with Gasteiger partial charge in [-0.2, -0.15) is 0 Å². The molecule has 4 heteroatoms. The van der Waals surface area contributed by atoms with Crippen LogP contribution in [0, 0.1) is 6.92 Å². The minimum Gasteiger partial charge on any atom is -0.403 e. The Morgan fingerprint density at radius 3 is 2.40 bits per heavy atom. The number of aromatic nitrogens is 1. The molecule has 25 heavy (non-hydrogen) atoms. The zero-order valence-corrected chi connectivity index (χ0v) is 14.2. The minimum absolute atomic E-state index is 0.342. The number of hydrogen-bond acceptors (Lipinski definition) is 3. The third kappa shape index (κ3) is 2.94. The zero-order valence-electron chi connectivity index (χ0n) is 13.5. The van der Waals surface area contributed by atoms with Gasteiger partial charge >= 0.3 is 5.63 Å². The van der Waals surface area contributed by atoms with E-state index in [0.717, 1.165) is 22.3 Å². The van der Waals surface area contributed by atoms with Gasteiger partial charge in [0, 0.05) is 10.6 Å². The number of fused-ring (bicyclic) bond motifs is 1. The van der Waals surface area contributed by atoms with E-state index in [1.54, 1.807) is 6.07 Å². The summed E-state index contributed by atoms with van der Waals surface area (Å²) in [5.74, 6) is 0.342. The lowest BCUT2D eigenvalue weighted by Crippen LogP contribution is -2.03. The van der Waals surface area contributed by atoms with Crippen molar-refractivity contribution in [3.63, 3.8) is 0 Å². The maximum absolute atomic E-state index is 12.5. The van der Waals surface area contributed by atoms with E-state index in [9.17, 15) is 4.79 Å². The standard InChI is InChI=1S/C21H14ClNO2/c1-13-4-2-3-5-17(13)20-23-19-11-8-15(12-18(19)21(24)25-20)14-6-9-16(22)10-7-14/h2-12H,1H3. The van der Waals surface area contributed by atoms with Crippen LogP contribution in [0.3, 0.4) is 0 Å². The molecule has 0 aliphatic carbocycles. The molecule has 0 radical (unpaired) electrons. The normalized spacial score (nSPS) is 11.0. The van der Waals surface area contributed by atoms with Crippen molar-refractivity contribution in [3.05, 3.63) is 87.7 Å². The van der Waals surface area contributed by atoms with Crippen LogP contribution in [-0.2, 0) is 0 Å². The third-order valence-electron chi connectivity index (χ3n) is 4.18. The molecule has 0 bridgehead atoms. The van der Waals surface area contributed by atoms with Gasteiger partial charge in [-0.05, 0) is 53.9 Å². The first-order chi connectivity index (χ1) is 12.1. The molecule has 3 nitrogen and oxygen atoms in total. The fourth-order valence-corrected chi connectivity index (χ4v) is 2.95. The molecule has 0 atom stereocenters. The number of benzene rings is 3. The van der Waals surface area contributed by atoms with E-state index in [1.807, 2.05) is 67.6 Å². The number of rotatable bonds is 2. The lowest BCUT2D eigenvalue weighted by Gasteiger charge is -2.06. The summed E-state index contributed by atoms with van der Waals surface area (Å²) in [7, 11) is 0. The van der Waals surface area contributed by atoms with Crippen LogP contribution in [0.25, 0.3) is 33.5 Å². The lowest BCUT2D eigenvalue weighted by atomic mass is 10.0. The number of nitrogens with zero attached hydrogens (tertiary/aromatic N) is 1. The highest BCUT2D eigenvalue weighted by Crippen LogP contribution is 2.26. The molecule has 0 spiro atoms. The Bertz CT molecular complexity index is 1130. The average Bonchev–Trinajstić information content (AvgIpc) is 2.62. The van der Waals surface area contributed by atoms with Crippen LogP contribution in [0.15, 0.2) is 75.9 Å². The molecule has 0 saturated heterocycles. The van der Waals surface area contributed by atoms with E-state index in [1.165, 1.54) is 0 Å². The van der Waals surface area contributed by atoms with E-state index in [2.05, 4.69) is 4.98 Å². The summed E-state index contributed by atoms with van der Waals surface area (Å²) in [6.07, 6.45) is 0. The molecule has 0 fully saturated rings. The zero-order chi connectivity index (χ0) is 17.4. The molecule has 4 aromatic rings. The van der Waals surface area contributed by atoms with E-state index in [0.29, 0.717) is 21.8 Å². The smallest absolute Gasteiger partial charge is 0.347 e. The molecule has 0 unspecified atom stereocenters. The summed E-state index contributed by atoms with van der Waals surface area (Å²) < 4.78 is 5.48. The molecule has 4 rings (SSSR count). The van der Waals surface area contributed by atoms with Crippen molar-refractivity contribution in [2.75, 3.05) is 0 Å². The predicted octanol–water partition coefficient (Wildman–Crippen LogP) is 5.48. The lowest BCUT2D eigenvalue weighted by molar-refractivity contribution is 0.518. The highest BCUT2D eigenvalue weighted by molar-refractivity contribution is 6.30. The first-order valence-corrected chi connectivity index (χ1v) is 8.26. The molecular weight excluding hydrogens is 334 g/mol. The Balaban J connectivity index is 1.86. The van der Waals surface area contributed by atoms with Crippen LogP contribution in [0.1, 0.15) is 5.56 Å². The second kappa shape index (κ2) is 6.19. The highest BCUT2D eigenvalue weighted by Gasteiger charge is 2.11. The molecule has 0 N–H and O–H groups in total. The SMILES string of the molecule is Cc1ccccc1-c1nc2ccc(-c3ccc(Cl)cc3)cc2c(=O)o1. The molecule has 1 heterocycles. The Morgan fingerprint density at radius 2 is 1.64 bits per heavy atom. The molecule has 0 amide bonds. The summed E-state index contributed by atoms with van der Waals surface area (Å²) in [5, 5.41) is 1.14. The average molecular weight is 348 g/mol. The summed E-state index contributed by atoms with van der Waals surface area (Å²) >= 11 is 5.93.